The summed E-state index contributed by atoms with van der Waals surface area (Å²) >= 11 is 0. The monoisotopic (exact) mass is 406 g/mol. The number of nitrogens with one attached hydrogen (secondary N) is 1. The number of aromatic nitrogens is 1. The number of ether oxygens (including phenoxy) is 3. The van der Waals surface area contributed by atoms with Crippen LogP contribution in [-0.4, -0.2) is 24.7 Å². The van der Waals surface area contributed by atoms with E-state index in [0.29, 0.717) is 25.7 Å². The van der Waals surface area contributed by atoms with Crippen molar-refractivity contribution in [3.05, 3.63) is 83.6 Å². The molecule has 1 aromatic heterocycles. The van der Waals surface area contributed by atoms with Crippen LogP contribution >= 0.6 is 0 Å². The molecule has 0 aliphatic rings. The maximum absolute atomic E-state index is 6.04. The Labute approximate surface area is 179 Å². The molecule has 0 bridgehead atoms. The van der Waals surface area contributed by atoms with Crippen LogP contribution < -0.4 is 19.5 Å². The molecule has 3 aromatic rings. The maximum atomic E-state index is 6.04. The Kier molecular flexibility index (Phi) is 8.54. The topological polar surface area (TPSA) is 52.6 Å². The second-order valence-electron chi connectivity index (χ2n) is 6.98. The molecule has 0 saturated heterocycles. The Morgan fingerprint density at radius 1 is 0.900 bits per heavy atom. The van der Waals surface area contributed by atoms with E-state index < -0.39 is 0 Å². The molecule has 0 unspecified atom stereocenters. The molecule has 5 heteroatoms. The highest BCUT2D eigenvalue weighted by Crippen LogP contribution is 2.29. The Hall–Kier alpha value is -3.05. The summed E-state index contributed by atoms with van der Waals surface area (Å²) in [5.41, 5.74) is 3.56. The van der Waals surface area contributed by atoms with Crippen molar-refractivity contribution in [2.45, 2.75) is 33.4 Å². The minimum atomic E-state index is 0.528. The maximum Gasteiger partial charge on any atom is 0.213 e. The fraction of sp³-hybridized carbons (Fsp3) is 0.320. The van der Waals surface area contributed by atoms with Gasteiger partial charge in [-0.05, 0) is 61.7 Å². The minimum Gasteiger partial charge on any atom is -0.490 e. The summed E-state index contributed by atoms with van der Waals surface area (Å²) in [4.78, 5) is 4.15. The van der Waals surface area contributed by atoms with Gasteiger partial charge in [0.2, 0.25) is 5.88 Å². The van der Waals surface area contributed by atoms with Crippen molar-refractivity contribution in [3.8, 4) is 17.4 Å². The molecule has 30 heavy (non-hydrogen) atoms. The average Bonchev–Trinajstić information content (AvgIpc) is 2.77. The molecular formula is C25H30N2O3. The lowest BCUT2D eigenvalue weighted by molar-refractivity contribution is 0.268. The predicted octanol–water partition coefficient (Wildman–Crippen LogP) is 4.93. The summed E-state index contributed by atoms with van der Waals surface area (Å²) in [6.45, 7) is 7.48. The summed E-state index contributed by atoms with van der Waals surface area (Å²) in [5.74, 6) is 2.22. The van der Waals surface area contributed by atoms with Crippen LogP contribution in [0.2, 0.25) is 0 Å². The van der Waals surface area contributed by atoms with Crippen molar-refractivity contribution in [1.29, 1.82) is 0 Å². The molecule has 0 fully saturated rings. The average molecular weight is 407 g/mol. The summed E-state index contributed by atoms with van der Waals surface area (Å²) in [5, 5.41) is 3.45. The van der Waals surface area contributed by atoms with Crippen LogP contribution in [0.4, 0.5) is 0 Å². The highest BCUT2D eigenvalue weighted by molar-refractivity contribution is 5.43. The number of nitrogens with zero attached hydrogens (tertiary/aromatic N) is 1. The highest BCUT2D eigenvalue weighted by Gasteiger charge is 2.08. The summed E-state index contributed by atoms with van der Waals surface area (Å²) < 4.78 is 17.5. The zero-order valence-electron chi connectivity index (χ0n) is 17.8. The molecule has 0 radical (unpaired) electrons. The van der Waals surface area contributed by atoms with E-state index in [9.17, 15) is 0 Å². The minimum absolute atomic E-state index is 0.528. The lowest BCUT2D eigenvalue weighted by Crippen LogP contribution is -2.17. The van der Waals surface area contributed by atoms with Gasteiger partial charge in [-0.3, -0.25) is 0 Å². The van der Waals surface area contributed by atoms with Crippen molar-refractivity contribution < 1.29 is 14.2 Å². The molecule has 1 N–H and O–H groups in total. The number of hydrogen-bond donors (Lipinski definition) is 1. The van der Waals surface area contributed by atoms with Crippen LogP contribution in [0, 0.1) is 6.92 Å². The Morgan fingerprint density at radius 2 is 1.77 bits per heavy atom. The zero-order valence-corrected chi connectivity index (χ0v) is 17.8. The predicted molar refractivity (Wildman–Crippen MR) is 119 cm³/mol. The van der Waals surface area contributed by atoms with Crippen molar-refractivity contribution in [1.82, 2.24) is 10.3 Å². The van der Waals surface area contributed by atoms with Gasteiger partial charge < -0.3 is 19.5 Å². The van der Waals surface area contributed by atoms with E-state index in [0.717, 1.165) is 36.6 Å². The van der Waals surface area contributed by atoms with Crippen LogP contribution in [0.3, 0.4) is 0 Å². The van der Waals surface area contributed by atoms with E-state index in [4.69, 9.17) is 14.2 Å². The first-order valence-corrected chi connectivity index (χ1v) is 10.4. The van der Waals surface area contributed by atoms with E-state index in [1.54, 1.807) is 6.20 Å². The summed E-state index contributed by atoms with van der Waals surface area (Å²) in [6, 6.07) is 20.0. The Morgan fingerprint density at radius 3 is 2.57 bits per heavy atom. The SMILES string of the molecule is CCOc1cc(CNCCCOc2ccccn2)ccc1OCc1ccccc1C. The molecule has 5 nitrogen and oxygen atoms in total. The van der Waals surface area contributed by atoms with Gasteiger partial charge >= 0.3 is 0 Å². The van der Waals surface area contributed by atoms with Gasteiger partial charge in [0.05, 0.1) is 13.2 Å². The molecule has 0 saturated carbocycles. The zero-order chi connectivity index (χ0) is 21.0. The Bertz CT molecular complexity index is 900. The van der Waals surface area contributed by atoms with E-state index in [1.807, 2.05) is 49.4 Å². The van der Waals surface area contributed by atoms with Crippen molar-refractivity contribution in [2.75, 3.05) is 19.8 Å². The Balaban J connectivity index is 1.46. The molecule has 0 amide bonds. The lowest BCUT2D eigenvalue weighted by Gasteiger charge is -2.14. The van der Waals surface area contributed by atoms with Crippen LogP contribution in [-0.2, 0) is 13.2 Å². The second-order valence-corrected chi connectivity index (χ2v) is 6.98. The number of benzene rings is 2. The van der Waals surface area contributed by atoms with Crippen molar-refractivity contribution in [3.63, 3.8) is 0 Å². The van der Waals surface area contributed by atoms with Crippen molar-refractivity contribution >= 4 is 0 Å². The van der Waals surface area contributed by atoms with Gasteiger partial charge in [-0.25, -0.2) is 4.98 Å². The van der Waals surface area contributed by atoms with Crippen LogP contribution in [0.15, 0.2) is 66.9 Å². The quantitative estimate of drug-likeness (QED) is 0.433. The third-order valence-electron chi connectivity index (χ3n) is 4.67. The second kappa shape index (κ2) is 11.8. The molecule has 0 aliphatic heterocycles. The van der Waals surface area contributed by atoms with E-state index in [2.05, 4.69) is 35.4 Å². The molecule has 0 spiro atoms. The summed E-state index contributed by atoms with van der Waals surface area (Å²) in [6.07, 6.45) is 2.64. The lowest BCUT2D eigenvalue weighted by atomic mass is 10.1. The molecule has 0 aliphatic carbocycles. The molecule has 1 heterocycles. The number of rotatable bonds is 12. The molecular weight excluding hydrogens is 376 g/mol. The first-order valence-electron chi connectivity index (χ1n) is 10.4. The number of pyridine rings is 1. The fourth-order valence-corrected chi connectivity index (χ4v) is 3.02. The summed E-state index contributed by atoms with van der Waals surface area (Å²) in [7, 11) is 0. The normalized spacial score (nSPS) is 10.6. The van der Waals surface area contributed by atoms with E-state index in [-0.39, 0.29) is 0 Å². The number of aryl methyl sites for hydroxylation is 1. The number of hydrogen-bond acceptors (Lipinski definition) is 5. The smallest absolute Gasteiger partial charge is 0.213 e. The van der Waals surface area contributed by atoms with Gasteiger partial charge in [-0.15, -0.1) is 0 Å². The third-order valence-corrected chi connectivity index (χ3v) is 4.67. The van der Waals surface area contributed by atoms with Gasteiger partial charge in [0.1, 0.15) is 6.61 Å². The van der Waals surface area contributed by atoms with Gasteiger partial charge in [-0.1, -0.05) is 36.4 Å². The van der Waals surface area contributed by atoms with Crippen LogP contribution in [0.1, 0.15) is 30.0 Å². The van der Waals surface area contributed by atoms with E-state index >= 15 is 0 Å². The van der Waals surface area contributed by atoms with Gasteiger partial charge in [0.25, 0.3) is 0 Å². The third kappa shape index (κ3) is 6.78. The highest BCUT2D eigenvalue weighted by atomic mass is 16.5. The standard InChI is InChI=1S/C25H30N2O3/c1-3-28-24-17-21(18-26-14-8-16-29-25-11-6-7-15-27-25)12-13-23(24)30-19-22-10-5-4-9-20(22)2/h4-7,9-13,15,17,26H,3,8,14,16,18-19H2,1-2H3. The van der Waals surface area contributed by atoms with Gasteiger partial charge in [0, 0.05) is 18.8 Å². The van der Waals surface area contributed by atoms with E-state index in [1.165, 1.54) is 11.1 Å². The van der Waals surface area contributed by atoms with Crippen LogP contribution in [0.25, 0.3) is 0 Å². The molecule has 0 atom stereocenters. The fourth-order valence-electron chi connectivity index (χ4n) is 3.02. The largest absolute Gasteiger partial charge is 0.490 e. The molecule has 3 rings (SSSR count). The van der Waals surface area contributed by atoms with Gasteiger partial charge in [-0.2, -0.15) is 0 Å². The molecule has 158 valence electrons. The van der Waals surface area contributed by atoms with Gasteiger partial charge in [0.15, 0.2) is 11.5 Å². The van der Waals surface area contributed by atoms with Crippen molar-refractivity contribution in [2.24, 2.45) is 0 Å². The first-order chi connectivity index (χ1) is 14.8. The van der Waals surface area contributed by atoms with Crippen LogP contribution in [0.5, 0.6) is 17.4 Å². The first kappa shape index (κ1) is 21.7. The molecule has 2 aromatic carbocycles.